The minimum Gasteiger partial charge on any atom is -0.398 e. The standard InChI is InChI=1S/C18H25N3/c1-4-10-21(11-5-2)15-6-7-17(19)16(13-15)18-12-14(3)8-9-20-18/h6-9,12-13H,4-5,10-11,19H2,1-3H3. The minimum absolute atomic E-state index is 0.782. The average molecular weight is 283 g/mol. The molecule has 112 valence electrons. The molecule has 3 nitrogen and oxygen atoms in total. The second kappa shape index (κ2) is 7.11. The lowest BCUT2D eigenvalue weighted by molar-refractivity contribution is 0.745. The van der Waals surface area contributed by atoms with E-state index >= 15 is 0 Å². The summed E-state index contributed by atoms with van der Waals surface area (Å²) in [5, 5.41) is 0. The predicted molar refractivity (Wildman–Crippen MR) is 91.6 cm³/mol. The van der Waals surface area contributed by atoms with Crippen LogP contribution in [-0.4, -0.2) is 18.1 Å². The summed E-state index contributed by atoms with van der Waals surface area (Å²) in [4.78, 5) is 6.88. The molecule has 2 rings (SSSR count). The van der Waals surface area contributed by atoms with Crippen molar-refractivity contribution in [2.45, 2.75) is 33.6 Å². The third-order valence-electron chi connectivity index (χ3n) is 3.58. The van der Waals surface area contributed by atoms with Gasteiger partial charge in [-0.15, -0.1) is 0 Å². The fourth-order valence-electron chi connectivity index (χ4n) is 2.56. The van der Waals surface area contributed by atoms with E-state index in [1.807, 2.05) is 18.3 Å². The summed E-state index contributed by atoms with van der Waals surface area (Å²) in [6.07, 6.45) is 4.12. The third kappa shape index (κ3) is 3.75. The first kappa shape index (κ1) is 15.4. The largest absolute Gasteiger partial charge is 0.398 e. The van der Waals surface area contributed by atoms with Gasteiger partial charge < -0.3 is 10.6 Å². The highest BCUT2D eigenvalue weighted by molar-refractivity contribution is 5.78. The maximum absolute atomic E-state index is 6.16. The Morgan fingerprint density at radius 2 is 1.76 bits per heavy atom. The lowest BCUT2D eigenvalue weighted by atomic mass is 10.1. The number of aryl methyl sites for hydroxylation is 1. The average Bonchev–Trinajstić information content (AvgIpc) is 2.47. The molecule has 0 fully saturated rings. The summed E-state index contributed by atoms with van der Waals surface area (Å²) in [6.45, 7) is 8.63. The zero-order valence-corrected chi connectivity index (χ0v) is 13.3. The van der Waals surface area contributed by atoms with Crippen LogP contribution in [-0.2, 0) is 0 Å². The van der Waals surface area contributed by atoms with Gasteiger partial charge in [0.15, 0.2) is 0 Å². The summed E-state index contributed by atoms with van der Waals surface area (Å²) in [5.41, 5.74) is 11.3. The summed E-state index contributed by atoms with van der Waals surface area (Å²) in [5.74, 6) is 0. The van der Waals surface area contributed by atoms with Crippen LogP contribution < -0.4 is 10.6 Å². The van der Waals surface area contributed by atoms with E-state index in [9.17, 15) is 0 Å². The van der Waals surface area contributed by atoms with Gasteiger partial charge in [-0.3, -0.25) is 4.98 Å². The molecule has 0 unspecified atom stereocenters. The molecule has 0 amide bonds. The van der Waals surface area contributed by atoms with Crippen LogP contribution in [0.25, 0.3) is 11.3 Å². The van der Waals surface area contributed by atoms with Gasteiger partial charge in [-0.05, 0) is 55.7 Å². The molecule has 0 spiro atoms. The van der Waals surface area contributed by atoms with Gasteiger partial charge in [0, 0.05) is 36.2 Å². The molecule has 0 bridgehead atoms. The normalized spacial score (nSPS) is 10.6. The molecular weight excluding hydrogens is 258 g/mol. The van der Waals surface area contributed by atoms with E-state index in [-0.39, 0.29) is 0 Å². The van der Waals surface area contributed by atoms with Crippen LogP contribution in [0.15, 0.2) is 36.5 Å². The number of rotatable bonds is 6. The second-order valence-corrected chi connectivity index (χ2v) is 5.48. The molecule has 0 aliphatic carbocycles. The van der Waals surface area contributed by atoms with Gasteiger partial charge in [0.2, 0.25) is 0 Å². The Balaban J connectivity index is 2.40. The Morgan fingerprint density at radius 3 is 2.38 bits per heavy atom. The van der Waals surface area contributed by atoms with Crippen molar-refractivity contribution in [1.29, 1.82) is 0 Å². The van der Waals surface area contributed by atoms with E-state index in [4.69, 9.17) is 5.73 Å². The molecule has 21 heavy (non-hydrogen) atoms. The van der Waals surface area contributed by atoms with E-state index in [2.05, 4.69) is 48.9 Å². The number of nitrogens with zero attached hydrogens (tertiary/aromatic N) is 2. The quantitative estimate of drug-likeness (QED) is 0.805. The fraction of sp³-hybridized carbons (Fsp3) is 0.389. The highest BCUT2D eigenvalue weighted by atomic mass is 15.1. The molecule has 1 aromatic carbocycles. The van der Waals surface area contributed by atoms with Gasteiger partial charge in [0.1, 0.15) is 0 Å². The number of nitrogens with two attached hydrogens (primary N) is 1. The zero-order valence-electron chi connectivity index (χ0n) is 13.3. The number of pyridine rings is 1. The molecule has 0 radical (unpaired) electrons. The van der Waals surface area contributed by atoms with Gasteiger partial charge in [-0.1, -0.05) is 13.8 Å². The van der Waals surface area contributed by atoms with Gasteiger partial charge in [0.05, 0.1) is 5.69 Å². The van der Waals surface area contributed by atoms with Crippen molar-refractivity contribution >= 4 is 11.4 Å². The first-order valence-corrected chi connectivity index (χ1v) is 7.73. The van der Waals surface area contributed by atoms with Gasteiger partial charge in [0.25, 0.3) is 0 Å². The maximum atomic E-state index is 6.16. The SMILES string of the molecule is CCCN(CCC)c1ccc(N)c(-c2cc(C)ccn2)c1. The molecule has 0 aliphatic heterocycles. The molecule has 3 heteroatoms. The van der Waals surface area contributed by atoms with E-state index in [0.29, 0.717) is 0 Å². The van der Waals surface area contributed by atoms with Crippen molar-refractivity contribution < 1.29 is 0 Å². The first-order valence-electron chi connectivity index (χ1n) is 7.73. The Morgan fingerprint density at radius 1 is 1.05 bits per heavy atom. The molecule has 0 atom stereocenters. The first-order chi connectivity index (χ1) is 10.2. The molecule has 0 aliphatic rings. The molecule has 2 aromatic rings. The Kier molecular flexibility index (Phi) is 5.20. The smallest absolute Gasteiger partial charge is 0.0726 e. The Bertz CT molecular complexity index is 587. The Hall–Kier alpha value is -2.03. The summed E-state index contributed by atoms with van der Waals surface area (Å²) in [7, 11) is 0. The van der Waals surface area contributed by atoms with E-state index in [0.717, 1.165) is 42.9 Å². The predicted octanol–water partition coefficient (Wildman–Crippen LogP) is 4.27. The minimum atomic E-state index is 0.782. The summed E-state index contributed by atoms with van der Waals surface area (Å²) < 4.78 is 0. The van der Waals surface area contributed by atoms with Crippen molar-refractivity contribution in [3.63, 3.8) is 0 Å². The number of hydrogen-bond acceptors (Lipinski definition) is 3. The van der Waals surface area contributed by atoms with Crippen molar-refractivity contribution in [1.82, 2.24) is 4.98 Å². The van der Waals surface area contributed by atoms with Crippen LogP contribution in [0.2, 0.25) is 0 Å². The molecular formula is C18H25N3. The highest BCUT2D eigenvalue weighted by Gasteiger charge is 2.10. The van der Waals surface area contributed by atoms with Crippen molar-refractivity contribution in [2.24, 2.45) is 0 Å². The molecule has 0 saturated heterocycles. The second-order valence-electron chi connectivity index (χ2n) is 5.48. The molecule has 1 heterocycles. The fourth-order valence-corrected chi connectivity index (χ4v) is 2.56. The van der Waals surface area contributed by atoms with E-state index < -0.39 is 0 Å². The van der Waals surface area contributed by atoms with Crippen LogP contribution in [0.1, 0.15) is 32.3 Å². The lowest BCUT2D eigenvalue weighted by Gasteiger charge is -2.24. The van der Waals surface area contributed by atoms with Crippen molar-refractivity contribution in [3.8, 4) is 11.3 Å². The van der Waals surface area contributed by atoms with E-state index in [1.165, 1.54) is 11.3 Å². The van der Waals surface area contributed by atoms with Crippen LogP contribution in [0.4, 0.5) is 11.4 Å². The number of benzene rings is 1. The number of aromatic nitrogens is 1. The Labute approximate surface area is 127 Å². The van der Waals surface area contributed by atoms with Gasteiger partial charge in [-0.25, -0.2) is 0 Å². The summed E-state index contributed by atoms with van der Waals surface area (Å²) >= 11 is 0. The summed E-state index contributed by atoms with van der Waals surface area (Å²) in [6, 6.07) is 10.4. The molecule has 0 saturated carbocycles. The number of anilines is 2. The van der Waals surface area contributed by atoms with Crippen LogP contribution in [0.3, 0.4) is 0 Å². The lowest BCUT2D eigenvalue weighted by Crippen LogP contribution is -2.24. The van der Waals surface area contributed by atoms with Crippen molar-refractivity contribution in [2.75, 3.05) is 23.7 Å². The van der Waals surface area contributed by atoms with Crippen LogP contribution in [0.5, 0.6) is 0 Å². The monoisotopic (exact) mass is 283 g/mol. The number of hydrogen-bond donors (Lipinski definition) is 1. The maximum Gasteiger partial charge on any atom is 0.0726 e. The van der Waals surface area contributed by atoms with Gasteiger partial charge in [-0.2, -0.15) is 0 Å². The topological polar surface area (TPSA) is 42.1 Å². The third-order valence-corrected chi connectivity index (χ3v) is 3.58. The number of nitrogen functional groups attached to an aromatic ring is 1. The zero-order chi connectivity index (χ0) is 15.2. The van der Waals surface area contributed by atoms with Crippen LogP contribution in [0, 0.1) is 6.92 Å². The van der Waals surface area contributed by atoms with Crippen molar-refractivity contribution in [3.05, 3.63) is 42.1 Å². The van der Waals surface area contributed by atoms with Crippen LogP contribution >= 0.6 is 0 Å². The highest BCUT2D eigenvalue weighted by Crippen LogP contribution is 2.29. The molecule has 1 aromatic heterocycles. The molecule has 2 N–H and O–H groups in total. The van der Waals surface area contributed by atoms with E-state index in [1.54, 1.807) is 0 Å². The van der Waals surface area contributed by atoms with Gasteiger partial charge >= 0.3 is 0 Å².